The van der Waals surface area contributed by atoms with Gasteiger partial charge in [0, 0.05) is 37.7 Å². The van der Waals surface area contributed by atoms with Gasteiger partial charge in [0.15, 0.2) is 0 Å². The van der Waals surface area contributed by atoms with Crippen LogP contribution in [0.15, 0.2) is 12.4 Å². The molecule has 124 valence electrons. The van der Waals surface area contributed by atoms with E-state index in [9.17, 15) is 4.79 Å². The van der Waals surface area contributed by atoms with Gasteiger partial charge in [-0.3, -0.25) is 14.6 Å². The number of hydrogen-bond donors (Lipinski definition) is 1. The number of carbonyl (C=O) groups is 1. The Morgan fingerprint density at radius 2 is 2.30 bits per heavy atom. The number of nitrogens with one attached hydrogen (secondary N) is 1. The monoisotopic (exact) mass is 316 g/mol. The normalized spacial score (nSPS) is 18.3. The highest BCUT2D eigenvalue weighted by molar-refractivity contribution is 5.76. The number of carbonyl (C=O) groups excluding carboxylic acids is 1. The molecule has 0 aliphatic carbocycles. The van der Waals surface area contributed by atoms with Gasteiger partial charge in [-0.2, -0.15) is 10.2 Å². The number of piperidine rings is 1. The predicted octanol–water partition coefficient (Wildman–Crippen LogP) is 1.80. The summed E-state index contributed by atoms with van der Waals surface area (Å²) in [6.45, 7) is 6.43. The van der Waals surface area contributed by atoms with Gasteiger partial charge in [-0.15, -0.1) is 0 Å². The number of hydrogen-bond acceptors (Lipinski definition) is 4. The van der Waals surface area contributed by atoms with Gasteiger partial charge in [0.1, 0.15) is 12.2 Å². The largest absolute Gasteiger partial charge is 0.342 e. The van der Waals surface area contributed by atoms with Crippen molar-refractivity contribution in [2.24, 2.45) is 0 Å². The maximum Gasteiger partial charge on any atom is 0.222 e. The van der Waals surface area contributed by atoms with Crippen LogP contribution in [0.2, 0.25) is 0 Å². The van der Waals surface area contributed by atoms with Gasteiger partial charge in [0.25, 0.3) is 0 Å². The van der Waals surface area contributed by atoms with Crippen LogP contribution in [0.5, 0.6) is 0 Å². The highest BCUT2D eigenvalue weighted by atomic mass is 16.2. The van der Waals surface area contributed by atoms with E-state index in [1.807, 2.05) is 16.5 Å². The molecule has 7 nitrogen and oxygen atoms in total. The summed E-state index contributed by atoms with van der Waals surface area (Å²) in [5.74, 6) is 1.41. The van der Waals surface area contributed by atoms with Crippen molar-refractivity contribution < 1.29 is 4.79 Å². The Kier molecular flexibility index (Phi) is 4.73. The van der Waals surface area contributed by atoms with Gasteiger partial charge < -0.3 is 4.90 Å². The first-order valence-corrected chi connectivity index (χ1v) is 8.27. The topological polar surface area (TPSA) is 79.7 Å². The molecular weight excluding hydrogens is 292 g/mol. The SMILES string of the molecule is Cc1cc(C)n(CCCC(=O)N2CCCC(c3ncn[nH]3)C2)n1. The lowest BCUT2D eigenvalue weighted by molar-refractivity contribution is -0.132. The molecular formula is C16H24N6O. The number of likely N-dealkylation sites (tertiary alicyclic amines) is 1. The van der Waals surface area contributed by atoms with Crippen LogP contribution >= 0.6 is 0 Å². The number of amides is 1. The van der Waals surface area contributed by atoms with Crippen LogP contribution in [0.25, 0.3) is 0 Å². The number of H-pyrrole nitrogens is 1. The van der Waals surface area contributed by atoms with E-state index in [1.165, 1.54) is 6.33 Å². The van der Waals surface area contributed by atoms with E-state index in [2.05, 4.69) is 33.3 Å². The minimum absolute atomic E-state index is 0.232. The first kappa shape index (κ1) is 15.7. The van der Waals surface area contributed by atoms with Crippen LogP contribution in [-0.2, 0) is 11.3 Å². The summed E-state index contributed by atoms with van der Waals surface area (Å²) in [4.78, 5) is 18.6. The lowest BCUT2D eigenvalue weighted by Gasteiger charge is -2.31. The van der Waals surface area contributed by atoms with Crippen LogP contribution < -0.4 is 0 Å². The third-order valence-corrected chi connectivity index (χ3v) is 4.46. The number of rotatable bonds is 5. The average molecular weight is 316 g/mol. The fourth-order valence-corrected chi connectivity index (χ4v) is 3.28. The van der Waals surface area contributed by atoms with Crippen LogP contribution in [-0.4, -0.2) is 48.9 Å². The molecule has 3 heterocycles. The van der Waals surface area contributed by atoms with E-state index >= 15 is 0 Å². The molecule has 1 aliphatic rings. The number of nitrogens with zero attached hydrogens (tertiary/aromatic N) is 5. The second kappa shape index (κ2) is 6.93. The lowest BCUT2D eigenvalue weighted by Crippen LogP contribution is -2.39. The van der Waals surface area contributed by atoms with Crippen molar-refractivity contribution in [3.63, 3.8) is 0 Å². The zero-order valence-electron chi connectivity index (χ0n) is 13.8. The predicted molar refractivity (Wildman–Crippen MR) is 85.9 cm³/mol. The van der Waals surface area contributed by atoms with Gasteiger partial charge in [0.05, 0.1) is 5.69 Å². The van der Waals surface area contributed by atoms with Gasteiger partial charge in [0.2, 0.25) is 5.91 Å². The molecule has 1 N–H and O–H groups in total. The number of aryl methyl sites for hydroxylation is 3. The van der Waals surface area contributed by atoms with Crippen molar-refractivity contribution in [2.75, 3.05) is 13.1 Å². The maximum atomic E-state index is 12.4. The molecule has 1 unspecified atom stereocenters. The Balaban J connectivity index is 1.49. The smallest absolute Gasteiger partial charge is 0.222 e. The molecule has 0 aromatic carbocycles. The van der Waals surface area contributed by atoms with Crippen molar-refractivity contribution in [3.8, 4) is 0 Å². The molecule has 1 atom stereocenters. The zero-order valence-corrected chi connectivity index (χ0v) is 13.8. The summed E-state index contributed by atoms with van der Waals surface area (Å²) < 4.78 is 1.98. The molecule has 1 saturated heterocycles. The molecule has 0 saturated carbocycles. The Hall–Kier alpha value is -2.18. The van der Waals surface area contributed by atoms with Crippen LogP contribution in [0, 0.1) is 13.8 Å². The van der Waals surface area contributed by atoms with Crippen LogP contribution in [0.3, 0.4) is 0 Å². The van der Waals surface area contributed by atoms with Crippen molar-refractivity contribution in [2.45, 2.75) is 52.0 Å². The molecule has 0 bridgehead atoms. The third kappa shape index (κ3) is 3.78. The summed E-state index contributed by atoms with van der Waals surface area (Å²) in [7, 11) is 0. The maximum absolute atomic E-state index is 12.4. The Bertz CT molecular complexity index is 648. The van der Waals surface area contributed by atoms with E-state index in [0.717, 1.165) is 56.1 Å². The highest BCUT2D eigenvalue weighted by Crippen LogP contribution is 2.24. The standard InChI is InChI=1S/C16H24N6O/c1-12-9-13(2)22(20-12)8-4-6-15(23)21-7-3-5-14(10-21)16-17-11-18-19-16/h9,11,14H,3-8,10H2,1-2H3,(H,17,18,19). The van der Waals surface area contributed by atoms with E-state index in [0.29, 0.717) is 6.42 Å². The van der Waals surface area contributed by atoms with E-state index in [-0.39, 0.29) is 11.8 Å². The summed E-state index contributed by atoms with van der Waals surface area (Å²) in [5, 5.41) is 11.3. The first-order valence-electron chi connectivity index (χ1n) is 8.27. The van der Waals surface area contributed by atoms with Crippen LogP contribution in [0.1, 0.15) is 48.8 Å². The van der Waals surface area contributed by atoms with Gasteiger partial charge in [-0.05, 0) is 39.2 Å². The number of aromatic amines is 1. The van der Waals surface area contributed by atoms with E-state index < -0.39 is 0 Å². The molecule has 23 heavy (non-hydrogen) atoms. The summed E-state index contributed by atoms with van der Waals surface area (Å²) in [5.41, 5.74) is 2.18. The van der Waals surface area contributed by atoms with Crippen molar-refractivity contribution >= 4 is 5.91 Å². The molecule has 2 aromatic heterocycles. The molecule has 1 amide bonds. The summed E-state index contributed by atoms with van der Waals surface area (Å²) in [6.07, 6.45) is 5.01. The second-order valence-corrected chi connectivity index (χ2v) is 6.30. The Labute approximate surface area is 136 Å². The molecule has 0 spiro atoms. The van der Waals surface area contributed by atoms with E-state index in [1.54, 1.807) is 0 Å². The van der Waals surface area contributed by atoms with E-state index in [4.69, 9.17) is 0 Å². The minimum Gasteiger partial charge on any atom is -0.342 e. The molecule has 3 rings (SSSR count). The molecule has 1 aliphatic heterocycles. The fourth-order valence-electron chi connectivity index (χ4n) is 3.28. The van der Waals surface area contributed by atoms with Crippen molar-refractivity contribution in [1.82, 2.24) is 29.9 Å². The first-order chi connectivity index (χ1) is 11.1. The average Bonchev–Trinajstić information content (AvgIpc) is 3.17. The van der Waals surface area contributed by atoms with Gasteiger partial charge in [-0.1, -0.05) is 0 Å². The highest BCUT2D eigenvalue weighted by Gasteiger charge is 2.26. The minimum atomic E-state index is 0.232. The second-order valence-electron chi connectivity index (χ2n) is 6.30. The van der Waals surface area contributed by atoms with Crippen LogP contribution in [0.4, 0.5) is 0 Å². The number of aromatic nitrogens is 5. The molecule has 1 fully saturated rings. The molecule has 0 radical (unpaired) electrons. The zero-order chi connectivity index (χ0) is 16.2. The Morgan fingerprint density at radius 1 is 1.43 bits per heavy atom. The lowest BCUT2D eigenvalue weighted by atomic mass is 9.97. The third-order valence-electron chi connectivity index (χ3n) is 4.46. The quantitative estimate of drug-likeness (QED) is 0.912. The fraction of sp³-hybridized carbons (Fsp3) is 0.625. The summed E-state index contributed by atoms with van der Waals surface area (Å²) >= 11 is 0. The Morgan fingerprint density at radius 3 is 3.00 bits per heavy atom. The van der Waals surface area contributed by atoms with Gasteiger partial charge >= 0.3 is 0 Å². The summed E-state index contributed by atoms with van der Waals surface area (Å²) in [6, 6.07) is 2.06. The van der Waals surface area contributed by atoms with Gasteiger partial charge in [-0.25, -0.2) is 4.98 Å². The molecule has 2 aromatic rings. The molecule has 7 heteroatoms. The van der Waals surface area contributed by atoms with Crippen molar-refractivity contribution in [1.29, 1.82) is 0 Å². The van der Waals surface area contributed by atoms with Crippen molar-refractivity contribution in [3.05, 3.63) is 29.6 Å².